The maximum atomic E-state index is 13.5. The van der Waals surface area contributed by atoms with Gasteiger partial charge in [-0.1, -0.05) is 6.92 Å². The molecule has 0 bridgehead atoms. The monoisotopic (exact) mass is 452 g/mol. The molecule has 2 aliphatic heterocycles. The lowest BCUT2D eigenvalue weighted by Gasteiger charge is -2.31. The van der Waals surface area contributed by atoms with Gasteiger partial charge in [0.1, 0.15) is 0 Å². The molecule has 0 aromatic heterocycles. The van der Waals surface area contributed by atoms with E-state index in [1.165, 1.54) is 0 Å². The molecule has 2 aliphatic rings. The molecule has 8 nitrogen and oxygen atoms in total. The number of rotatable bonds is 5. The highest BCUT2D eigenvalue weighted by atomic mass is 16.5. The molecule has 4 rings (SSSR count). The Labute approximate surface area is 195 Å². The Balaban J connectivity index is 1.54. The lowest BCUT2D eigenvalue weighted by molar-refractivity contribution is 0.122. The normalized spacial score (nSPS) is 17.9. The maximum absolute atomic E-state index is 13.5. The van der Waals surface area contributed by atoms with E-state index in [0.29, 0.717) is 17.9 Å². The number of carbonyl (C=O) groups excluding carboxylic acids is 1. The van der Waals surface area contributed by atoms with Gasteiger partial charge in [0.25, 0.3) is 0 Å². The third-order valence-electron chi connectivity index (χ3n) is 6.34. The molecule has 0 N–H and O–H groups in total. The van der Waals surface area contributed by atoms with Crippen molar-refractivity contribution in [3.05, 3.63) is 47.5 Å². The van der Waals surface area contributed by atoms with E-state index in [-0.39, 0.29) is 12.1 Å². The Morgan fingerprint density at radius 1 is 1.12 bits per heavy atom. The van der Waals surface area contributed by atoms with Crippen LogP contribution in [0.2, 0.25) is 0 Å². The van der Waals surface area contributed by atoms with Crippen molar-refractivity contribution in [1.82, 2.24) is 5.01 Å². The molecule has 2 aromatic rings. The van der Waals surface area contributed by atoms with Crippen molar-refractivity contribution in [2.24, 2.45) is 5.10 Å². The van der Waals surface area contributed by atoms with E-state index in [1.54, 1.807) is 37.4 Å². The van der Waals surface area contributed by atoms with Crippen molar-refractivity contribution in [3.63, 3.8) is 0 Å². The summed E-state index contributed by atoms with van der Waals surface area (Å²) in [7, 11) is 5.03. The summed E-state index contributed by atoms with van der Waals surface area (Å²) < 4.78 is 16.3. The molecule has 33 heavy (non-hydrogen) atoms. The van der Waals surface area contributed by atoms with Crippen LogP contribution in [0.1, 0.15) is 24.5 Å². The first-order valence-electron chi connectivity index (χ1n) is 11.3. The van der Waals surface area contributed by atoms with Crippen molar-refractivity contribution >= 4 is 23.6 Å². The van der Waals surface area contributed by atoms with Gasteiger partial charge in [0, 0.05) is 37.1 Å². The van der Waals surface area contributed by atoms with Gasteiger partial charge in [-0.3, -0.25) is 4.90 Å². The fourth-order valence-electron chi connectivity index (χ4n) is 4.29. The molecule has 0 unspecified atom stereocenters. The van der Waals surface area contributed by atoms with E-state index in [0.717, 1.165) is 55.2 Å². The zero-order chi connectivity index (χ0) is 23.4. The Kier molecular flexibility index (Phi) is 7.03. The number of ether oxygens (including phenoxy) is 3. The van der Waals surface area contributed by atoms with E-state index in [9.17, 15) is 4.79 Å². The molecule has 2 aromatic carbocycles. The van der Waals surface area contributed by atoms with Crippen LogP contribution in [0, 0.1) is 0 Å². The van der Waals surface area contributed by atoms with Crippen molar-refractivity contribution in [3.8, 4) is 11.5 Å². The van der Waals surface area contributed by atoms with Crippen LogP contribution in [0.5, 0.6) is 11.5 Å². The first-order chi connectivity index (χ1) is 16.0. The number of urea groups is 1. The largest absolute Gasteiger partial charge is 0.493 e. The molecular weight excluding hydrogens is 420 g/mol. The number of amides is 2. The number of hydrazone groups is 1. The van der Waals surface area contributed by atoms with Gasteiger partial charge >= 0.3 is 6.03 Å². The maximum Gasteiger partial charge on any atom is 0.344 e. The van der Waals surface area contributed by atoms with Gasteiger partial charge < -0.3 is 19.1 Å². The fraction of sp³-hybridized carbons (Fsp3) is 0.440. The van der Waals surface area contributed by atoms with Gasteiger partial charge in [0.05, 0.1) is 39.7 Å². The molecule has 0 radical (unpaired) electrons. The highest BCUT2D eigenvalue weighted by Crippen LogP contribution is 2.33. The molecule has 2 heterocycles. The predicted octanol–water partition coefficient (Wildman–Crippen LogP) is 3.77. The number of methoxy groups -OCH3 is 2. The highest BCUT2D eigenvalue weighted by Gasteiger charge is 2.29. The van der Waals surface area contributed by atoms with Crippen LogP contribution in [0.25, 0.3) is 0 Å². The third kappa shape index (κ3) is 4.75. The van der Waals surface area contributed by atoms with Crippen LogP contribution >= 0.6 is 0 Å². The topological polar surface area (TPSA) is 66.8 Å². The number of hydrogen-bond acceptors (Lipinski definition) is 6. The SMILES string of the molecule is CC[C@H]1Cc2cc(OC)c(OC)cc2C=NN1C(=O)N(C)c1ccc(N2CCOCC2)cc1. The number of nitrogens with zero attached hydrogens (tertiary/aromatic N) is 4. The van der Waals surface area contributed by atoms with Crippen LogP contribution in [-0.2, 0) is 11.2 Å². The molecule has 0 saturated carbocycles. The van der Waals surface area contributed by atoms with E-state index >= 15 is 0 Å². The second-order valence-electron chi connectivity index (χ2n) is 8.22. The standard InChI is InChI=1S/C25H32N4O4/c1-5-20-14-18-15-23(31-3)24(32-4)16-19(18)17-26-29(20)25(30)27(2)21-6-8-22(9-7-21)28-10-12-33-13-11-28/h6-9,15-17,20H,5,10-14H2,1-4H3/t20-/m0/s1. The molecule has 176 valence electrons. The minimum atomic E-state index is -0.163. The van der Waals surface area contributed by atoms with E-state index in [2.05, 4.69) is 29.1 Å². The first kappa shape index (κ1) is 22.9. The lowest BCUT2D eigenvalue weighted by Crippen LogP contribution is -2.44. The summed E-state index contributed by atoms with van der Waals surface area (Å²) in [4.78, 5) is 17.4. The molecule has 1 atom stereocenters. The zero-order valence-corrected chi connectivity index (χ0v) is 19.8. The molecule has 0 spiro atoms. The molecular formula is C25H32N4O4. The van der Waals surface area contributed by atoms with Gasteiger partial charge in [-0.2, -0.15) is 5.10 Å². The van der Waals surface area contributed by atoms with Gasteiger partial charge in [0.2, 0.25) is 0 Å². The van der Waals surface area contributed by atoms with Crippen LogP contribution in [0.4, 0.5) is 16.2 Å². The average Bonchev–Trinajstić information content (AvgIpc) is 3.06. The molecule has 0 aliphatic carbocycles. The molecule has 8 heteroatoms. The lowest BCUT2D eigenvalue weighted by atomic mass is 9.99. The van der Waals surface area contributed by atoms with Crippen molar-refractivity contribution in [2.75, 3.05) is 57.4 Å². The summed E-state index contributed by atoms with van der Waals surface area (Å²) >= 11 is 0. The van der Waals surface area contributed by atoms with Crippen molar-refractivity contribution in [2.45, 2.75) is 25.8 Å². The van der Waals surface area contributed by atoms with E-state index in [1.807, 2.05) is 24.3 Å². The number of morpholine rings is 1. The summed E-state index contributed by atoms with van der Waals surface area (Å²) in [6, 6.07) is 11.7. The van der Waals surface area contributed by atoms with Crippen LogP contribution < -0.4 is 19.3 Å². The smallest absolute Gasteiger partial charge is 0.344 e. The Bertz CT molecular complexity index is 1000. The Morgan fingerprint density at radius 3 is 2.42 bits per heavy atom. The highest BCUT2D eigenvalue weighted by molar-refractivity contribution is 5.93. The second-order valence-corrected chi connectivity index (χ2v) is 8.22. The van der Waals surface area contributed by atoms with Crippen LogP contribution in [0.15, 0.2) is 41.5 Å². The average molecular weight is 453 g/mol. The summed E-state index contributed by atoms with van der Waals surface area (Å²) in [5, 5.41) is 6.18. The number of hydrogen-bond donors (Lipinski definition) is 0. The molecule has 1 fully saturated rings. The summed E-state index contributed by atoms with van der Waals surface area (Å²) in [6.45, 7) is 5.32. The number of carbonyl (C=O) groups is 1. The van der Waals surface area contributed by atoms with E-state index in [4.69, 9.17) is 14.2 Å². The van der Waals surface area contributed by atoms with Gasteiger partial charge in [0.15, 0.2) is 11.5 Å². The Hall–Kier alpha value is -3.26. The van der Waals surface area contributed by atoms with Crippen molar-refractivity contribution in [1.29, 1.82) is 0 Å². The minimum Gasteiger partial charge on any atom is -0.493 e. The Morgan fingerprint density at radius 2 is 1.79 bits per heavy atom. The number of anilines is 2. The van der Waals surface area contributed by atoms with Crippen LogP contribution in [0.3, 0.4) is 0 Å². The quantitative estimate of drug-likeness (QED) is 0.691. The first-order valence-corrected chi connectivity index (χ1v) is 11.3. The minimum absolute atomic E-state index is 0.0665. The summed E-state index contributed by atoms with van der Waals surface area (Å²) in [6.07, 6.45) is 3.20. The predicted molar refractivity (Wildman–Crippen MR) is 130 cm³/mol. The number of benzene rings is 2. The fourth-order valence-corrected chi connectivity index (χ4v) is 4.29. The van der Waals surface area contributed by atoms with Gasteiger partial charge in [-0.05, 0) is 54.8 Å². The molecule has 1 saturated heterocycles. The number of fused-ring (bicyclic) bond motifs is 1. The van der Waals surface area contributed by atoms with Crippen molar-refractivity contribution < 1.29 is 19.0 Å². The van der Waals surface area contributed by atoms with Gasteiger partial charge in [-0.25, -0.2) is 9.80 Å². The molecule has 2 amide bonds. The van der Waals surface area contributed by atoms with E-state index < -0.39 is 0 Å². The van der Waals surface area contributed by atoms with Crippen LogP contribution in [-0.4, -0.2) is 70.9 Å². The second kappa shape index (κ2) is 10.1. The zero-order valence-electron chi connectivity index (χ0n) is 19.8. The summed E-state index contributed by atoms with van der Waals surface area (Å²) in [5.41, 5.74) is 3.97. The third-order valence-corrected chi connectivity index (χ3v) is 6.34. The van der Waals surface area contributed by atoms with Gasteiger partial charge in [-0.15, -0.1) is 0 Å². The summed E-state index contributed by atoms with van der Waals surface area (Å²) in [5.74, 6) is 1.32.